The zero-order valence-electron chi connectivity index (χ0n) is 12.5. The van der Waals surface area contributed by atoms with E-state index in [0.29, 0.717) is 5.56 Å². The predicted octanol–water partition coefficient (Wildman–Crippen LogP) is -0.257. The van der Waals surface area contributed by atoms with Gasteiger partial charge in [0.25, 0.3) is 0 Å². The van der Waals surface area contributed by atoms with Crippen LogP contribution in [0.25, 0.3) is 0 Å². The van der Waals surface area contributed by atoms with Crippen LogP contribution in [0.5, 0.6) is 5.75 Å². The standard InChI is InChI=1S/C14H18N2O6S/c1-22-14(19)13(10-2-4-11(17)5-3-10)16-7-9(6-12(16)18)8-23(15,20)21/h2-5,9,13,17H,6-8H2,1H3,(H2,15,20,21)/t9?,13-/m1/s1. The van der Waals surface area contributed by atoms with Crippen LogP contribution in [0, 0.1) is 5.92 Å². The van der Waals surface area contributed by atoms with Crippen molar-refractivity contribution in [2.75, 3.05) is 19.4 Å². The minimum Gasteiger partial charge on any atom is -0.508 e. The van der Waals surface area contributed by atoms with Crippen molar-refractivity contribution >= 4 is 21.9 Å². The topological polar surface area (TPSA) is 127 Å². The first-order valence-corrected chi connectivity index (χ1v) is 8.59. The van der Waals surface area contributed by atoms with Crippen LogP contribution in [0.2, 0.25) is 0 Å². The minimum absolute atomic E-state index is 0.00199. The number of hydrogen-bond donors (Lipinski definition) is 2. The molecular weight excluding hydrogens is 324 g/mol. The molecule has 23 heavy (non-hydrogen) atoms. The zero-order valence-corrected chi connectivity index (χ0v) is 13.3. The van der Waals surface area contributed by atoms with Gasteiger partial charge in [-0.25, -0.2) is 18.4 Å². The number of carbonyl (C=O) groups is 2. The minimum atomic E-state index is -3.70. The number of phenols is 1. The molecule has 1 aromatic carbocycles. The van der Waals surface area contributed by atoms with E-state index < -0.39 is 28.0 Å². The quantitative estimate of drug-likeness (QED) is 0.710. The highest BCUT2D eigenvalue weighted by Gasteiger charge is 2.40. The Labute approximate surface area is 133 Å². The molecule has 0 saturated carbocycles. The molecule has 0 radical (unpaired) electrons. The second-order valence-electron chi connectivity index (χ2n) is 5.46. The first-order chi connectivity index (χ1) is 10.7. The normalized spacial score (nSPS) is 19.7. The molecule has 1 heterocycles. The Kier molecular flexibility index (Phi) is 4.90. The Morgan fingerprint density at radius 2 is 2.04 bits per heavy atom. The van der Waals surface area contributed by atoms with E-state index in [4.69, 9.17) is 9.88 Å². The van der Waals surface area contributed by atoms with E-state index in [2.05, 4.69) is 0 Å². The SMILES string of the molecule is COC(=O)[C@@H](c1ccc(O)cc1)N1CC(CS(N)(=O)=O)CC1=O. The molecule has 0 aromatic heterocycles. The second-order valence-corrected chi connectivity index (χ2v) is 7.12. The average Bonchev–Trinajstić information content (AvgIpc) is 2.79. The van der Waals surface area contributed by atoms with Gasteiger partial charge in [0.15, 0.2) is 6.04 Å². The lowest BCUT2D eigenvalue weighted by atomic mass is 10.1. The Bertz CT molecular complexity index is 700. The highest BCUT2D eigenvalue weighted by Crippen LogP contribution is 2.31. The summed E-state index contributed by atoms with van der Waals surface area (Å²) in [6.07, 6.45) is 0.00199. The van der Waals surface area contributed by atoms with Gasteiger partial charge in [-0.15, -0.1) is 0 Å². The van der Waals surface area contributed by atoms with Crippen molar-refractivity contribution in [3.63, 3.8) is 0 Å². The van der Waals surface area contributed by atoms with Crippen LogP contribution >= 0.6 is 0 Å². The summed E-state index contributed by atoms with van der Waals surface area (Å²) in [5.74, 6) is -1.75. The fourth-order valence-corrected chi connectivity index (χ4v) is 3.59. The van der Waals surface area contributed by atoms with Gasteiger partial charge in [-0.2, -0.15) is 0 Å². The molecule has 8 nitrogen and oxygen atoms in total. The molecule has 1 fully saturated rings. The van der Waals surface area contributed by atoms with Crippen LogP contribution in [-0.4, -0.2) is 49.7 Å². The van der Waals surface area contributed by atoms with Crippen LogP contribution in [0.1, 0.15) is 18.0 Å². The number of esters is 1. The van der Waals surface area contributed by atoms with Crippen LogP contribution in [0.3, 0.4) is 0 Å². The summed E-state index contributed by atoms with van der Waals surface area (Å²) in [6.45, 7) is 0.0932. The third kappa shape index (κ3) is 4.20. The third-order valence-electron chi connectivity index (χ3n) is 3.65. The number of phenolic OH excluding ortho intramolecular Hbond substituents is 1. The summed E-state index contributed by atoms with van der Waals surface area (Å²) in [5.41, 5.74) is 0.472. The van der Waals surface area contributed by atoms with E-state index in [-0.39, 0.29) is 30.4 Å². The lowest BCUT2D eigenvalue weighted by molar-refractivity contribution is -0.151. The maximum absolute atomic E-state index is 12.2. The molecule has 1 aromatic rings. The summed E-state index contributed by atoms with van der Waals surface area (Å²) in [5, 5.41) is 14.4. The number of rotatable bonds is 5. The van der Waals surface area contributed by atoms with Crippen molar-refractivity contribution in [1.29, 1.82) is 0 Å². The number of benzene rings is 1. The van der Waals surface area contributed by atoms with Gasteiger partial charge in [0, 0.05) is 18.9 Å². The van der Waals surface area contributed by atoms with Gasteiger partial charge >= 0.3 is 5.97 Å². The number of ether oxygens (including phenoxy) is 1. The van der Waals surface area contributed by atoms with Crippen molar-refractivity contribution in [2.45, 2.75) is 12.5 Å². The van der Waals surface area contributed by atoms with E-state index >= 15 is 0 Å². The largest absolute Gasteiger partial charge is 0.508 e. The second kappa shape index (κ2) is 6.55. The monoisotopic (exact) mass is 342 g/mol. The van der Waals surface area contributed by atoms with Crippen molar-refractivity contribution in [3.05, 3.63) is 29.8 Å². The van der Waals surface area contributed by atoms with Crippen molar-refractivity contribution < 1.29 is 27.9 Å². The Balaban J connectivity index is 2.28. The maximum atomic E-state index is 12.2. The molecule has 1 aliphatic heterocycles. The van der Waals surface area contributed by atoms with Gasteiger partial charge in [-0.1, -0.05) is 12.1 Å². The van der Waals surface area contributed by atoms with E-state index in [9.17, 15) is 23.1 Å². The lowest BCUT2D eigenvalue weighted by Crippen LogP contribution is -2.36. The molecule has 9 heteroatoms. The molecule has 2 atom stereocenters. The van der Waals surface area contributed by atoms with Crippen LogP contribution in [0.15, 0.2) is 24.3 Å². The van der Waals surface area contributed by atoms with Crippen LogP contribution < -0.4 is 5.14 Å². The molecule has 1 saturated heterocycles. The molecule has 3 N–H and O–H groups in total. The van der Waals surface area contributed by atoms with Crippen molar-refractivity contribution in [2.24, 2.45) is 11.1 Å². The van der Waals surface area contributed by atoms with E-state index in [1.807, 2.05) is 0 Å². The summed E-state index contributed by atoms with van der Waals surface area (Å²) in [7, 11) is -2.50. The molecule has 0 aliphatic carbocycles. The van der Waals surface area contributed by atoms with Gasteiger partial charge in [-0.05, 0) is 17.7 Å². The number of nitrogens with two attached hydrogens (primary N) is 1. The summed E-state index contributed by atoms with van der Waals surface area (Å²) >= 11 is 0. The number of aromatic hydroxyl groups is 1. The molecule has 0 spiro atoms. The van der Waals surface area contributed by atoms with E-state index in [1.54, 1.807) is 0 Å². The highest BCUT2D eigenvalue weighted by atomic mass is 32.2. The molecule has 1 aliphatic rings. The number of primary sulfonamides is 1. The highest BCUT2D eigenvalue weighted by molar-refractivity contribution is 7.89. The van der Waals surface area contributed by atoms with Gasteiger partial charge in [0.2, 0.25) is 15.9 Å². The zero-order chi connectivity index (χ0) is 17.2. The van der Waals surface area contributed by atoms with Crippen molar-refractivity contribution in [3.8, 4) is 5.75 Å². The molecule has 1 unspecified atom stereocenters. The molecule has 126 valence electrons. The number of methoxy groups -OCH3 is 1. The van der Waals surface area contributed by atoms with Gasteiger partial charge in [-0.3, -0.25) is 4.79 Å². The Morgan fingerprint density at radius 3 is 2.57 bits per heavy atom. The lowest BCUT2D eigenvalue weighted by Gasteiger charge is -2.26. The van der Waals surface area contributed by atoms with E-state index in [1.165, 1.54) is 36.3 Å². The predicted molar refractivity (Wildman–Crippen MR) is 80.7 cm³/mol. The molecule has 1 amide bonds. The third-order valence-corrected chi connectivity index (χ3v) is 4.59. The van der Waals surface area contributed by atoms with Crippen LogP contribution in [-0.2, 0) is 24.3 Å². The number of carbonyl (C=O) groups excluding carboxylic acids is 2. The van der Waals surface area contributed by atoms with Crippen molar-refractivity contribution in [1.82, 2.24) is 4.90 Å². The smallest absolute Gasteiger partial charge is 0.333 e. The summed E-state index contributed by atoms with van der Waals surface area (Å²) < 4.78 is 27.1. The van der Waals surface area contributed by atoms with Gasteiger partial charge in [0.1, 0.15) is 5.75 Å². The average molecular weight is 342 g/mol. The number of amides is 1. The first-order valence-electron chi connectivity index (χ1n) is 6.88. The summed E-state index contributed by atoms with van der Waals surface area (Å²) in [4.78, 5) is 25.6. The van der Waals surface area contributed by atoms with E-state index in [0.717, 1.165) is 0 Å². The van der Waals surface area contributed by atoms with Gasteiger partial charge < -0.3 is 14.7 Å². The first kappa shape index (κ1) is 17.2. The fourth-order valence-electron chi connectivity index (χ4n) is 2.71. The summed E-state index contributed by atoms with van der Waals surface area (Å²) in [6, 6.07) is 4.83. The molecule has 2 rings (SSSR count). The molecular formula is C14H18N2O6S. The number of sulfonamides is 1. The Hall–Kier alpha value is -2.13. The Morgan fingerprint density at radius 1 is 1.43 bits per heavy atom. The van der Waals surface area contributed by atoms with Crippen LogP contribution in [0.4, 0.5) is 0 Å². The van der Waals surface area contributed by atoms with Gasteiger partial charge in [0.05, 0.1) is 12.9 Å². The molecule has 0 bridgehead atoms. The fraction of sp³-hybridized carbons (Fsp3) is 0.429. The number of nitrogens with zero attached hydrogens (tertiary/aromatic N) is 1. The number of likely N-dealkylation sites (tertiary alicyclic amines) is 1. The maximum Gasteiger partial charge on any atom is 0.333 e. The number of hydrogen-bond acceptors (Lipinski definition) is 6.